The van der Waals surface area contributed by atoms with E-state index >= 15 is 0 Å². The molecule has 0 amide bonds. The minimum Gasteiger partial charge on any atom is -0.402 e. The van der Waals surface area contributed by atoms with Gasteiger partial charge in [-0.15, -0.1) is 0 Å². The summed E-state index contributed by atoms with van der Waals surface area (Å²) in [5.74, 6) is 0.433. The Balaban J connectivity index is 2.22. The van der Waals surface area contributed by atoms with Crippen molar-refractivity contribution in [1.82, 2.24) is 0 Å². The zero-order valence-electron chi connectivity index (χ0n) is 14.7. The molecule has 1 atom stereocenters. The van der Waals surface area contributed by atoms with Gasteiger partial charge in [-0.05, 0) is 60.3 Å². The Labute approximate surface area is 134 Å². The first-order valence-corrected chi connectivity index (χ1v) is 8.18. The molecule has 1 saturated carbocycles. The molecule has 1 aliphatic heterocycles. The van der Waals surface area contributed by atoms with E-state index in [0.717, 1.165) is 24.0 Å². The summed E-state index contributed by atoms with van der Waals surface area (Å²) in [5.41, 5.74) is 7.24. The maximum absolute atomic E-state index is 6.33. The lowest BCUT2D eigenvalue weighted by Crippen LogP contribution is -2.41. The minimum atomic E-state index is -0.469. The van der Waals surface area contributed by atoms with E-state index in [1.165, 1.54) is 0 Å². The van der Waals surface area contributed by atoms with Crippen LogP contribution in [0.2, 0.25) is 0 Å². The summed E-state index contributed by atoms with van der Waals surface area (Å²) in [6.45, 7) is 12.7. The van der Waals surface area contributed by atoms with Crippen LogP contribution in [0.5, 0.6) is 0 Å². The fourth-order valence-electron chi connectivity index (χ4n) is 2.34. The molecule has 124 valence electrons. The summed E-state index contributed by atoms with van der Waals surface area (Å²) < 4.78 is 17.7. The van der Waals surface area contributed by atoms with E-state index in [9.17, 15) is 0 Å². The van der Waals surface area contributed by atoms with Gasteiger partial charge >= 0.3 is 7.12 Å². The summed E-state index contributed by atoms with van der Waals surface area (Å²) in [4.78, 5) is 4.44. The van der Waals surface area contributed by atoms with Crippen LogP contribution in [-0.4, -0.2) is 37.4 Å². The van der Waals surface area contributed by atoms with Gasteiger partial charge < -0.3 is 19.8 Å². The summed E-state index contributed by atoms with van der Waals surface area (Å²) in [5, 5.41) is 0. The molecule has 0 aromatic rings. The lowest BCUT2D eigenvalue weighted by molar-refractivity contribution is 0.00578. The van der Waals surface area contributed by atoms with Gasteiger partial charge in [0.1, 0.15) is 6.23 Å². The van der Waals surface area contributed by atoms with Crippen LogP contribution in [0.1, 0.15) is 54.4 Å². The Kier molecular flexibility index (Phi) is 5.04. The first kappa shape index (κ1) is 17.5. The van der Waals surface area contributed by atoms with Crippen LogP contribution in [-0.2, 0) is 14.0 Å². The SMILES string of the molecule is CCOC(C)N=CC(B1OC(C)(C)C(C)(C)O1)=C(N)C1CC1. The van der Waals surface area contributed by atoms with Crippen molar-refractivity contribution in [2.24, 2.45) is 16.6 Å². The summed E-state index contributed by atoms with van der Waals surface area (Å²) in [6.07, 6.45) is 3.83. The number of nitrogens with zero attached hydrogens (tertiary/aromatic N) is 1. The van der Waals surface area contributed by atoms with Gasteiger partial charge in [0.25, 0.3) is 0 Å². The molecule has 2 fully saturated rings. The number of allylic oxidation sites excluding steroid dienone is 2. The summed E-state index contributed by atoms with van der Waals surface area (Å²) >= 11 is 0. The molecule has 2 rings (SSSR count). The van der Waals surface area contributed by atoms with E-state index in [-0.39, 0.29) is 17.4 Å². The van der Waals surface area contributed by atoms with E-state index in [1.54, 1.807) is 6.21 Å². The van der Waals surface area contributed by atoms with Crippen molar-refractivity contribution in [3.8, 4) is 0 Å². The third-order valence-electron chi connectivity index (χ3n) is 4.69. The van der Waals surface area contributed by atoms with Gasteiger partial charge in [0.15, 0.2) is 0 Å². The third-order valence-corrected chi connectivity index (χ3v) is 4.69. The zero-order valence-corrected chi connectivity index (χ0v) is 14.7. The van der Waals surface area contributed by atoms with E-state index in [0.29, 0.717) is 12.5 Å². The Bertz CT molecular complexity index is 454. The van der Waals surface area contributed by atoms with Gasteiger partial charge in [-0.2, -0.15) is 0 Å². The predicted molar refractivity (Wildman–Crippen MR) is 89.6 cm³/mol. The fraction of sp³-hybridized carbons (Fsp3) is 0.812. The van der Waals surface area contributed by atoms with Crippen LogP contribution >= 0.6 is 0 Å². The maximum Gasteiger partial charge on any atom is 0.498 e. The largest absolute Gasteiger partial charge is 0.498 e. The molecule has 1 heterocycles. The van der Waals surface area contributed by atoms with E-state index < -0.39 is 7.12 Å². The molecule has 2 N–H and O–H groups in total. The molecule has 0 bridgehead atoms. The fourth-order valence-corrected chi connectivity index (χ4v) is 2.34. The molecular formula is C16H29BN2O3. The summed E-state index contributed by atoms with van der Waals surface area (Å²) in [7, 11) is -0.469. The molecule has 6 heteroatoms. The van der Waals surface area contributed by atoms with Crippen molar-refractivity contribution >= 4 is 13.3 Å². The second kappa shape index (κ2) is 6.34. The quantitative estimate of drug-likeness (QED) is 0.605. The smallest absolute Gasteiger partial charge is 0.402 e. The topological polar surface area (TPSA) is 66.1 Å². The van der Waals surface area contributed by atoms with Gasteiger partial charge in [0, 0.05) is 24.0 Å². The lowest BCUT2D eigenvalue weighted by atomic mass is 9.76. The van der Waals surface area contributed by atoms with Gasteiger partial charge in [0.05, 0.1) is 11.2 Å². The molecular weight excluding hydrogens is 279 g/mol. The molecule has 22 heavy (non-hydrogen) atoms. The Morgan fingerprint density at radius 1 is 1.32 bits per heavy atom. The van der Waals surface area contributed by atoms with E-state index in [1.807, 2.05) is 41.5 Å². The third kappa shape index (κ3) is 3.73. The molecule has 0 aromatic heterocycles. The number of rotatable bonds is 6. The zero-order chi connectivity index (χ0) is 16.5. The average Bonchev–Trinajstić information content (AvgIpc) is 3.18. The van der Waals surface area contributed by atoms with Gasteiger partial charge in [-0.3, -0.25) is 4.99 Å². The first-order chi connectivity index (χ1) is 10.2. The molecule has 0 aromatic carbocycles. The van der Waals surface area contributed by atoms with Crippen molar-refractivity contribution < 1.29 is 14.0 Å². The Morgan fingerprint density at radius 2 is 1.86 bits per heavy atom. The normalized spacial score (nSPS) is 26.4. The Morgan fingerprint density at radius 3 is 2.32 bits per heavy atom. The molecule has 1 saturated heterocycles. The number of nitrogens with two attached hydrogens (primary N) is 1. The van der Waals surface area contributed by atoms with Crippen molar-refractivity contribution in [1.29, 1.82) is 0 Å². The van der Waals surface area contributed by atoms with Crippen LogP contribution < -0.4 is 5.73 Å². The number of hydrogen-bond acceptors (Lipinski definition) is 5. The molecule has 1 aliphatic carbocycles. The van der Waals surface area contributed by atoms with Gasteiger partial charge in [0.2, 0.25) is 0 Å². The van der Waals surface area contributed by atoms with Crippen LogP contribution in [0, 0.1) is 5.92 Å². The number of ether oxygens (including phenoxy) is 1. The average molecular weight is 308 g/mol. The lowest BCUT2D eigenvalue weighted by Gasteiger charge is -2.32. The Hall–Kier alpha value is -0.845. The molecule has 2 aliphatic rings. The highest BCUT2D eigenvalue weighted by Crippen LogP contribution is 2.41. The van der Waals surface area contributed by atoms with E-state index in [2.05, 4.69) is 4.99 Å². The van der Waals surface area contributed by atoms with Crippen molar-refractivity contribution in [3.05, 3.63) is 11.2 Å². The molecule has 0 spiro atoms. The van der Waals surface area contributed by atoms with Crippen molar-refractivity contribution in [3.63, 3.8) is 0 Å². The highest BCUT2D eigenvalue weighted by molar-refractivity contribution is 6.60. The summed E-state index contributed by atoms with van der Waals surface area (Å²) in [6, 6.07) is 0. The van der Waals surface area contributed by atoms with Crippen LogP contribution in [0.3, 0.4) is 0 Å². The van der Waals surface area contributed by atoms with Crippen molar-refractivity contribution in [2.45, 2.75) is 71.8 Å². The second-order valence-corrected chi connectivity index (χ2v) is 7.11. The van der Waals surface area contributed by atoms with Crippen LogP contribution in [0.15, 0.2) is 16.2 Å². The van der Waals surface area contributed by atoms with Gasteiger partial charge in [-0.1, -0.05) is 0 Å². The number of hydrogen-bond donors (Lipinski definition) is 1. The number of aliphatic imine (C=N–C) groups is 1. The van der Waals surface area contributed by atoms with E-state index in [4.69, 9.17) is 19.8 Å². The van der Waals surface area contributed by atoms with Crippen LogP contribution in [0.4, 0.5) is 0 Å². The van der Waals surface area contributed by atoms with Crippen LogP contribution in [0.25, 0.3) is 0 Å². The molecule has 0 radical (unpaired) electrons. The molecule has 1 unspecified atom stereocenters. The monoisotopic (exact) mass is 308 g/mol. The second-order valence-electron chi connectivity index (χ2n) is 7.11. The minimum absolute atomic E-state index is 0.200. The first-order valence-electron chi connectivity index (χ1n) is 8.18. The standard InChI is InChI=1S/C16H29BN2O3/c1-7-20-11(2)19-10-13(14(18)12-8-9-12)17-21-15(3,4)16(5,6)22-17/h10-12H,7-9,18H2,1-6H3. The maximum atomic E-state index is 6.33. The highest BCUT2D eigenvalue weighted by atomic mass is 16.7. The van der Waals surface area contributed by atoms with Gasteiger partial charge in [-0.25, -0.2) is 0 Å². The van der Waals surface area contributed by atoms with Crippen molar-refractivity contribution in [2.75, 3.05) is 6.61 Å². The predicted octanol–water partition coefficient (Wildman–Crippen LogP) is 2.69. The molecule has 5 nitrogen and oxygen atoms in total. The highest BCUT2D eigenvalue weighted by Gasteiger charge is 2.53.